The van der Waals surface area contributed by atoms with Crippen molar-refractivity contribution in [2.45, 2.75) is 5.54 Å². The highest BCUT2D eigenvalue weighted by Gasteiger charge is 2.36. The monoisotopic (exact) mass is 302 g/mol. The van der Waals surface area contributed by atoms with Crippen LogP contribution in [-0.2, 0) is 5.54 Å². The van der Waals surface area contributed by atoms with Crippen molar-refractivity contribution in [3.63, 3.8) is 0 Å². The largest absolute Gasteiger partial charge is 0.399 e. The molecule has 5 N–H and O–H groups in total. The molecule has 0 fully saturated rings. The zero-order valence-corrected chi connectivity index (χ0v) is 12.6. The first-order valence-electron chi connectivity index (χ1n) is 7.33. The van der Waals surface area contributed by atoms with Gasteiger partial charge in [0.05, 0.1) is 0 Å². The first kappa shape index (κ1) is 14.8. The summed E-state index contributed by atoms with van der Waals surface area (Å²) in [5.74, 6) is 0. The van der Waals surface area contributed by atoms with E-state index < -0.39 is 5.54 Å². The van der Waals surface area contributed by atoms with Crippen LogP contribution in [0.2, 0.25) is 0 Å². The van der Waals surface area contributed by atoms with Crippen LogP contribution in [0.15, 0.2) is 84.0 Å². The third-order valence-corrected chi connectivity index (χ3v) is 4.02. The fraction of sp³-hybridized carbons (Fsp3) is 0.0526. The Labute approximate surface area is 135 Å². The Morgan fingerprint density at radius 2 is 1.00 bits per heavy atom. The number of anilines is 2. The number of hydrogen-bond acceptors (Lipinski definition) is 4. The van der Waals surface area contributed by atoms with Crippen molar-refractivity contribution in [1.29, 1.82) is 5.53 Å². The van der Waals surface area contributed by atoms with Crippen LogP contribution >= 0.6 is 0 Å². The van der Waals surface area contributed by atoms with E-state index in [1.165, 1.54) is 0 Å². The van der Waals surface area contributed by atoms with E-state index in [0.717, 1.165) is 16.7 Å². The van der Waals surface area contributed by atoms with Crippen molar-refractivity contribution in [3.05, 3.63) is 95.6 Å². The third-order valence-electron chi connectivity index (χ3n) is 4.02. The molecule has 114 valence electrons. The van der Waals surface area contributed by atoms with Gasteiger partial charge >= 0.3 is 0 Å². The predicted octanol–water partition coefficient (Wildman–Crippen LogP) is 4.17. The van der Waals surface area contributed by atoms with Crippen LogP contribution in [0.1, 0.15) is 16.7 Å². The lowest BCUT2D eigenvalue weighted by atomic mass is 9.78. The summed E-state index contributed by atoms with van der Waals surface area (Å²) in [6.45, 7) is 0. The SMILES string of the molecule is N=NC(c1ccccc1)(c1ccc(N)cc1)c1ccc(N)cc1. The third kappa shape index (κ3) is 2.55. The molecular formula is C19H18N4. The number of benzene rings is 3. The molecule has 3 aromatic carbocycles. The van der Waals surface area contributed by atoms with Gasteiger partial charge in [-0.2, -0.15) is 5.11 Å². The Balaban J connectivity index is 2.29. The smallest absolute Gasteiger partial charge is 0.156 e. The van der Waals surface area contributed by atoms with Crippen LogP contribution in [0.5, 0.6) is 0 Å². The summed E-state index contributed by atoms with van der Waals surface area (Å²) >= 11 is 0. The van der Waals surface area contributed by atoms with Gasteiger partial charge < -0.3 is 11.5 Å². The van der Waals surface area contributed by atoms with E-state index in [1.807, 2.05) is 78.9 Å². The van der Waals surface area contributed by atoms with Crippen molar-refractivity contribution >= 4 is 11.4 Å². The van der Waals surface area contributed by atoms with Gasteiger partial charge in [0, 0.05) is 11.4 Å². The van der Waals surface area contributed by atoms with Gasteiger partial charge in [0.2, 0.25) is 0 Å². The van der Waals surface area contributed by atoms with Crippen molar-refractivity contribution in [3.8, 4) is 0 Å². The minimum Gasteiger partial charge on any atom is -0.399 e. The number of rotatable bonds is 4. The standard InChI is InChI=1S/C19H18N4/c20-17-10-6-15(7-11-17)19(23-22,14-4-2-1-3-5-14)16-8-12-18(21)13-9-16/h1-13,22H,20-21H2. The van der Waals surface area contributed by atoms with Crippen molar-refractivity contribution in [1.82, 2.24) is 0 Å². The summed E-state index contributed by atoms with van der Waals surface area (Å²) in [7, 11) is 0. The maximum atomic E-state index is 7.99. The van der Waals surface area contributed by atoms with E-state index in [1.54, 1.807) is 0 Å². The Morgan fingerprint density at radius 3 is 1.39 bits per heavy atom. The van der Waals surface area contributed by atoms with Gasteiger partial charge in [-0.15, -0.1) is 0 Å². The lowest BCUT2D eigenvalue weighted by molar-refractivity contribution is 0.598. The number of nitrogens with two attached hydrogens (primary N) is 2. The van der Waals surface area contributed by atoms with Crippen LogP contribution < -0.4 is 11.5 Å². The minimum atomic E-state index is -0.914. The van der Waals surface area contributed by atoms with Gasteiger partial charge in [-0.05, 0) is 41.0 Å². The molecule has 4 heteroatoms. The van der Waals surface area contributed by atoms with Gasteiger partial charge in [0.1, 0.15) is 0 Å². The molecule has 0 atom stereocenters. The fourth-order valence-electron chi connectivity index (χ4n) is 2.82. The maximum absolute atomic E-state index is 7.99. The molecule has 4 nitrogen and oxygen atoms in total. The fourth-order valence-corrected chi connectivity index (χ4v) is 2.82. The van der Waals surface area contributed by atoms with Crippen LogP contribution in [0.25, 0.3) is 0 Å². The second-order valence-corrected chi connectivity index (χ2v) is 5.43. The first-order valence-corrected chi connectivity index (χ1v) is 7.33. The molecule has 3 aromatic rings. The molecule has 0 saturated carbocycles. The zero-order valence-electron chi connectivity index (χ0n) is 12.6. The van der Waals surface area contributed by atoms with Crippen LogP contribution in [0.3, 0.4) is 0 Å². The van der Waals surface area contributed by atoms with E-state index in [2.05, 4.69) is 5.11 Å². The van der Waals surface area contributed by atoms with Gasteiger partial charge in [0.25, 0.3) is 0 Å². The Bertz CT molecular complexity index is 748. The van der Waals surface area contributed by atoms with Gasteiger partial charge in [-0.25, -0.2) is 5.53 Å². The average molecular weight is 302 g/mol. The maximum Gasteiger partial charge on any atom is 0.156 e. The van der Waals surface area contributed by atoms with E-state index in [-0.39, 0.29) is 0 Å². The van der Waals surface area contributed by atoms with E-state index in [4.69, 9.17) is 17.0 Å². The molecule has 0 saturated heterocycles. The number of nitrogens with zero attached hydrogens (tertiary/aromatic N) is 1. The second kappa shape index (κ2) is 5.93. The molecule has 0 heterocycles. The van der Waals surface area contributed by atoms with Gasteiger partial charge in [0.15, 0.2) is 5.54 Å². The Morgan fingerprint density at radius 1 is 0.609 bits per heavy atom. The quantitative estimate of drug-likeness (QED) is 0.383. The zero-order chi connectivity index (χ0) is 16.3. The number of nitrogen functional groups attached to an aromatic ring is 2. The van der Waals surface area contributed by atoms with Crippen LogP contribution in [-0.4, -0.2) is 0 Å². The van der Waals surface area contributed by atoms with Crippen LogP contribution in [0.4, 0.5) is 11.4 Å². The highest BCUT2D eigenvalue weighted by atomic mass is 15.0. The molecule has 0 amide bonds. The molecule has 23 heavy (non-hydrogen) atoms. The molecule has 0 aliphatic heterocycles. The topological polar surface area (TPSA) is 88.2 Å². The molecule has 3 rings (SSSR count). The highest BCUT2D eigenvalue weighted by Crippen LogP contribution is 2.40. The molecular weight excluding hydrogens is 284 g/mol. The summed E-state index contributed by atoms with van der Waals surface area (Å²) in [5, 5.41) is 4.06. The first-order chi connectivity index (χ1) is 11.2. The molecule has 0 spiro atoms. The van der Waals surface area contributed by atoms with E-state index in [9.17, 15) is 0 Å². The minimum absolute atomic E-state index is 0.679. The highest BCUT2D eigenvalue weighted by molar-refractivity contribution is 5.54. The summed E-state index contributed by atoms with van der Waals surface area (Å²) < 4.78 is 0. The van der Waals surface area contributed by atoms with Crippen LogP contribution in [0, 0.1) is 5.53 Å². The average Bonchev–Trinajstić information content (AvgIpc) is 2.60. The van der Waals surface area contributed by atoms with Crippen molar-refractivity contribution in [2.75, 3.05) is 11.5 Å². The Hall–Kier alpha value is -3.14. The molecule has 0 aromatic heterocycles. The summed E-state index contributed by atoms with van der Waals surface area (Å²) in [5.41, 5.74) is 22.8. The summed E-state index contributed by atoms with van der Waals surface area (Å²) in [6, 6.07) is 24.8. The summed E-state index contributed by atoms with van der Waals surface area (Å²) in [6.07, 6.45) is 0. The second-order valence-electron chi connectivity index (χ2n) is 5.43. The molecule has 0 bridgehead atoms. The lowest BCUT2D eigenvalue weighted by Crippen LogP contribution is -2.26. The number of nitrogens with one attached hydrogen (secondary N) is 1. The normalized spacial score (nSPS) is 11.1. The Kier molecular flexibility index (Phi) is 3.81. The molecule has 0 radical (unpaired) electrons. The van der Waals surface area contributed by atoms with E-state index >= 15 is 0 Å². The predicted molar refractivity (Wildman–Crippen MR) is 93.2 cm³/mol. The molecule has 0 aliphatic carbocycles. The lowest BCUT2D eigenvalue weighted by Gasteiger charge is -2.30. The van der Waals surface area contributed by atoms with Gasteiger partial charge in [-0.1, -0.05) is 54.6 Å². The van der Waals surface area contributed by atoms with Crippen molar-refractivity contribution in [2.24, 2.45) is 5.11 Å². The molecule has 0 aliphatic rings. The molecule has 0 unspecified atom stereocenters. The van der Waals surface area contributed by atoms with Crippen molar-refractivity contribution < 1.29 is 0 Å². The number of hydrogen-bond donors (Lipinski definition) is 3. The summed E-state index contributed by atoms with van der Waals surface area (Å²) in [4.78, 5) is 0. The van der Waals surface area contributed by atoms with E-state index in [0.29, 0.717) is 11.4 Å². The van der Waals surface area contributed by atoms with Gasteiger partial charge in [-0.3, -0.25) is 0 Å².